The zero-order chi connectivity index (χ0) is 39.6. The fraction of sp³-hybridized carbons (Fsp3) is 0.697. The average molecular weight is 763 g/mol. The number of alkyl halides is 8. The van der Waals surface area contributed by atoms with Gasteiger partial charge in [0, 0.05) is 56.7 Å². The van der Waals surface area contributed by atoms with Gasteiger partial charge in [-0.15, -0.1) is 0 Å². The van der Waals surface area contributed by atoms with E-state index >= 15 is 0 Å². The zero-order valence-corrected chi connectivity index (χ0v) is 28.8. The van der Waals surface area contributed by atoms with Crippen LogP contribution in [-0.2, 0) is 14.4 Å². The summed E-state index contributed by atoms with van der Waals surface area (Å²) in [5, 5.41) is 24.9. The first kappa shape index (κ1) is 44.6. The topological polar surface area (TPSA) is 165 Å². The summed E-state index contributed by atoms with van der Waals surface area (Å²) in [5.74, 6) is -8.39. The predicted octanol–water partition coefficient (Wildman–Crippen LogP) is 4.73. The van der Waals surface area contributed by atoms with Gasteiger partial charge < -0.3 is 30.9 Å². The fourth-order valence-electron chi connectivity index (χ4n) is 6.69. The third-order valence-corrected chi connectivity index (χ3v) is 9.40. The first-order chi connectivity index (χ1) is 23.9. The Balaban J connectivity index is 0.000000564. The van der Waals surface area contributed by atoms with Crippen molar-refractivity contribution >= 4 is 23.8 Å². The van der Waals surface area contributed by atoms with Crippen LogP contribution in [0, 0.1) is 5.92 Å². The summed E-state index contributed by atoms with van der Waals surface area (Å²) < 4.78 is 90.9. The van der Waals surface area contributed by atoms with Crippen LogP contribution in [0.2, 0.25) is 0 Å². The highest BCUT2D eigenvalue weighted by atomic mass is 19.4. The molecule has 4 atom stereocenters. The lowest BCUT2D eigenvalue weighted by Crippen LogP contribution is -2.50. The zero-order valence-electron chi connectivity index (χ0n) is 28.8. The number of amides is 2. The molecule has 1 unspecified atom stereocenters. The van der Waals surface area contributed by atoms with Crippen molar-refractivity contribution in [2.24, 2.45) is 11.7 Å². The van der Waals surface area contributed by atoms with Gasteiger partial charge in [0.15, 0.2) is 0 Å². The Morgan fingerprint density at radius 1 is 0.904 bits per heavy atom. The quantitative estimate of drug-likeness (QED) is 0.234. The SMILES string of the molecule is CN(C)CC[C@H](O)C(=O)N(CCN1[C@@H]2CC[C@H]1CC(c1cccc(C(N)=O)c1)C2)CC1CCC(F)(F)CC1.O=C(O)C(F)(F)F.O=C(O)C(F)(F)F. The second-order valence-corrected chi connectivity index (χ2v) is 13.6. The van der Waals surface area contributed by atoms with Gasteiger partial charge in [0.05, 0.1) is 0 Å². The van der Waals surface area contributed by atoms with Gasteiger partial charge in [0.1, 0.15) is 6.10 Å². The molecule has 2 bridgehead atoms. The molecule has 19 heteroatoms. The van der Waals surface area contributed by atoms with Gasteiger partial charge in [-0.3, -0.25) is 14.5 Å². The Morgan fingerprint density at radius 3 is 1.85 bits per heavy atom. The minimum Gasteiger partial charge on any atom is -0.475 e. The van der Waals surface area contributed by atoms with E-state index in [0.717, 1.165) is 37.8 Å². The maximum Gasteiger partial charge on any atom is 0.490 e. The maximum absolute atomic E-state index is 13.7. The van der Waals surface area contributed by atoms with Gasteiger partial charge in [0.25, 0.3) is 5.91 Å². The summed E-state index contributed by atoms with van der Waals surface area (Å²) in [6.45, 7) is 2.25. The summed E-state index contributed by atoms with van der Waals surface area (Å²) in [4.78, 5) is 48.9. The highest BCUT2D eigenvalue weighted by Gasteiger charge is 2.42. The number of rotatable bonds is 11. The van der Waals surface area contributed by atoms with Crippen molar-refractivity contribution < 1.29 is 69.6 Å². The van der Waals surface area contributed by atoms with E-state index in [1.54, 1.807) is 11.0 Å². The van der Waals surface area contributed by atoms with Crippen molar-refractivity contribution in [2.75, 3.05) is 40.3 Å². The fourth-order valence-corrected chi connectivity index (χ4v) is 6.69. The number of nitrogens with two attached hydrogens (primary N) is 1. The van der Waals surface area contributed by atoms with Crippen LogP contribution in [0.5, 0.6) is 0 Å². The Labute approximate surface area is 295 Å². The summed E-state index contributed by atoms with van der Waals surface area (Å²) in [7, 11) is 3.81. The molecule has 1 aromatic carbocycles. The normalized spacial score (nSPS) is 22.3. The maximum atomic E-state index is 13.7. The Bertz CT molecular complexity index is 1310. The van der Waals surface area contributed by atoms with Crippen LogP contribution in [0.15, 0.2) is 24.3 Å². The number of aliphatic carboxylic acids is 2. The molecule has 0 spiro atoms. The van der Waals surface area contributed by atoms with Crippen molar-refractivity contribution in [3.8, 4) is 0 Å². The molecule has 3 aliphatic rings. The second-order valence-electron chi connectivity index (χ2n) is 13.6. The highest BCUT2D eigenvalue weighted by Crippen LogP contribution is 2.43. The van der Waals surface area contributed by atoms with E-state index in [-0.39, 0.29) is 24.7 Å². The lowest BCUT2D eigenvalue weighted by atomic mass is 9.84. The van der Waals surface area contributed by atoms with Crippen LogP contribution in [0.25, 0.3) is 0 Å². The molecule has 2 amide bonds. The highest BCUT2D eigenvalue weighted by molar-refractivity contribution is 5.92. The number of carbonyl (C=O) groups is 4. The smallest absolute Gasteiger partial charge is 0.475 e. The molecule has 4 rings (SSSR count). The Morgan fingerprint density at radius 2 is 1.40 bits per heavy atom. The number of primary amides is 1. The number of hydrogen-bond donors (Lipinski definition) is 4. The van der Waals surface area contributed by atoms with Crippen LogP contribution in [0.1, 0.15) is 79.6 Å². The van der Waals surface area contributed by atoms with Crippen LogP contribution < -0.4 is 5.73 Å². The summed E-state index contributed by atoms with van der Waals surface area (Å²) in [6, 6.07) is 8.46. The second kappa shape index (κ2) is 19.0. The van der Waals surface area contributed by atoms with E-state index in [4.69, 9.17) is 25.5 Å². The number of carbonyl (C=O) groups excluding carboxylic acids is 2. The lowest BCUT2D eigenvalue weighted by Gasteiger charge is -2.41. The molecule has 2 heterocycles. The molecule has 2 saturated heterocycles. The van der Waals surface area contributed by atoms with E-state index in [1.807, 2.05) is 31.1 Å². The van der Waals surface area contributed by atoms with Crippen molar-refractivity contribution in [1.29, 1.82) is 0 Å². The predicted molar refractivity (Wildman–Crippen MR) is 170 cm³/mol. The summed E-state index contributed by atoms with van der Waals surface area (Å²) in [5.41, 5.74) is 7.19. The van der Waals surface area contributed by atoms with Crippen LogP contribution in [0.4, 0.5) is 35.1 Å². The number of benzene rings is 1. The third kappa shape index (κ3) is 14.4. The van der Waals surface area contributed by atoms with Gasteiger partial charge in [-0.1, -0.05) is 12.1 Å². The number of piperidine rings is 1. The molecule has 11 nitrogen and oxygen atoms in total. The van der Waals surface area contributed by atoms with Gasteiger partial charge >= 0.3 is 24.3 Å². The molecule has 5 N–H and O–H groups in total. The number of carboxylic acid groups (broad SMARTS) is 2. The van der Waals surface area contributed by atoms with Gasteiger partial charge in [-0.05, 0) is 88.6 Å². The molecule has 0 aromatic heterocycles. The van der Waals surface area contributed by atoms with E-state index in [1.165, 1.54) is 0 Å². The molecule has 1 saturated carbocycles. The van der Waals surface area contributed by atoms with Crippen LogP contribution in [0.3, 0.4) is 0 Å². The van der Waals surface area contributed by atoms with Gasteiger partial charge in [0.2, 0.25) is 11.8 Å². The van der Waals surface area contributed by atoms with E-state index < -0.39 is 42.2 Å². The Hall–Kier alpha value is -3.58. The summed E-state index contributed by atoms with van der Waals surface area (Å²) >= 11 is 0. The van der Waals surface area contributed by atoms with Crippen molar-refractivity contribution in [3.05, 3.63) is 35.4 Å². The molecule has 3 fully saturated rings. The van der Waals surface area contributed by atoms with E-state index in [0.29, 0.717) is 62.5 Å². The first-order valence-electron chi connectivity index (χ1n) is 16.7. The van der Waals surface area contributed by atoms with Crippen molar-refractivity contribution in [2.45, 2.75) is 100 Å². The van der Waals surface area contributed by atoms with Crippen LogP contribution in [-0.4, -0.2) is 131 Å². The molecule has 2 aliphatic heterocycles. The number of aliphatic hydroxyl groups excluding tert-OH is 1. The molecule has 52 heavy (non-hydrogen) atoms. The number of aliphatic hydroxyl groups is 1. The largest absolute Gasteiger partial charge is 0.490 e. The number of nitrogens with zero attached hydrogens (tertiary/aromatic N) is 3. The number of fused-ring (bicyclic) bond motifs is 2. The molecule has 296 valence electrons. The first-order valence-corrected chi connectivity index (χ1v) is 16.7. The van der Waals surface area contributed by atoms with Gasteiger partial charge in [-0.2, -0.15) is 26.3 Å². The van der Waals surface area contributed by atoms with E-state index in [2.05, 4.69) is 11.0 Å². The monoisotopic (exact) mass is 762 g/mol. The number of carboxylic acids is 2. The summed E-state index contributed by atoms with van der Waals surface area (Å²) in [6.07, 6.45) is -6.13. The third-order valence-electron chi connectivity index (χ3n) is 9.40. The number of hydrogen-bond acceptors (Lipinski definition) is 7. The minimum absolute atomic E-state index is 0.0413. The van der Waals surface area contributed by atoms with Crippen molar-refractivity contribution in [1.82, 2.24) is 14.7 Å². The lowest BCUT2D eigenvalue weighted by molar-refractivity contribution is -0.193. The van der Waals surface area contributed by atoms with Crippen molar-refractivity contribution in [3.63, 3.8) is 0 Å². The van der Waals surface area contributed by atoms with Gasteiger partial charge in [-0.25, -0.2) is 18.4 Å². The average Bonchev–Trinajstić information content (AvgIpc) is 3.27. The molecular formula is C33H46F8N4O7. The molecule has 0 radical (unpaired) electrons. The molecule has 1 aliphatic carbocycles. The standard InChI is InChI=1S/C29H44F2N4O3.2C2HF3O2/c1-33(2)13-10-26(36)28(38)34(19-20-8-11-29(30,31)12-9-20)14-15-35-24-6-7-25(35)18-23(17-24)21-4-3-5-22(16-21)27(32)37;2*3-2(4,5)1(6)7/h3-5,16,20,23-26,36H,6-15,17-19H2,1-2H3,(H2,32,37);2*(H,6,7)/t23?,24-,25+,26-;;/m0../s1. The van der Waals surface area contributed by atoms with E-state index in [9.17, 15) is 49.8 Å². The van der Waals surface area contributed by atoms with Crippen LogP contribution >= 0.6 is 0 Å². The molecule has 1 aromatic rings. The Kier molecular flexibility index (Phi) is 16.3. The number of halogens is 8. The molecular weight excluding hydrogens is 716 g/mol. The minimum atomic E-state index is -5.08.